The number of rotatable bonds is 18. The van der Waals surface area contributed by atoms with Gasteiger partial charge in [-0.25, -0.2) is 0 Å². The first-order valence-corrected chi connectivity index (χ1v) is 18.3. The highest BCUT2D eigenvalue weighted by molar-refractivity contribution is 8.77. The Hall–Kier alpha value is 0.0669. The quantitative estimate of drug-likeness (QED) is 0.0804. The van der Waals surface area contributed by atoms with Crippen molar-refractivity contribution in [1.82, 2.24) is 0 Å². The van der Waals surface area contributed by atoms with Gasteiger partial charge in [0.15, 0.2) is 8.32 Å². The highest BCUT2D eigenvalue weighted by Gasteiger charge is 2.37. The molecule has 5 nitrogen and oxygen atoms in total. The number of hydrogen-bond donors (Lipinski definition) is 0. The maximum atomic E-state index is 6.53. The molecule has 0 heterocycles. The van der Waals surface area contributed by atoms with Crippen molar-refractivity contribution in [2.24, 2.45) is 0 Å². The maximum Gasteiger partial charge on any atom is 0.192 e. The van der Waals surface area contributed by atoms with Crippen LogP contribution in [-0.2, 0) is 31.1 Å². The summed E-state index contributed by atoms with van der Waals surface area (Å²) < 4.78 is 23.0. The van der Waals surface area contributed by atoms with Gasteiger partial charge in [-0.3, -0.25) is 0 Å². The Morgan fingerprint density at radius 1 is 0.914 bits per heavy atom. The third-order valence-electron chi connectivity index (χ3n) is 6.15. The van der Waals surface area contributed by atoms with E-state index in [2.05, 4.69) is 77.1 Å². The van der Waals surface area contributed by atoms with Crippen LogP contribution in [0.5, 0.6) is 0 Å². The van der Waals surface area contributed by atoms with Gasteiger partial charge in [-0.15, -0.1) is 11.6 Å². The lowest BCUT2D eigenvalue weighted by Gasteiger charge is -2.36. The summed E-state index contributed by atoms with van der Waals surface area (Å²) in [5.41, 5.74) is 3.47. The van der Waals surface area contributed by atoms with Gasteiger partial charge in [-0.1, -0.05) is 48.4 Å². The molecule has 0 saturated carbocycles. The molecule has 0 aliphatic heterocycles. The van der Waals surface area contributed by atoms with E-state index in [1.165, 1.54) is 11.3 Å². The van der Waals surface area contributed by atoms with E-state index in [1.54, 1.807) is 17.9 Å². The van der Waals surface area contributed by atoms with Gasteiger partial charge < -0.3 is 23.5 Å². The molecule has 204 valence electrons. The van der Waals surface area contributed by atoms with Crippen LogP contribution in [0.25, 0.3) is 0 Å². The summed E-state index contributed by atoms with van der Waals surface area (Å²) in [5.74, 6) is 0.479. The number of ether oxygens (including phenoxy) is 3. The van der Waals surface area contributed by atoms with Crippen molar-refractivity contribution in [3.05, 3.63) is 29.3 Å². The van der Waals surface area contributed by atoms with E-state index in [0.717, 1.165) is 18.7 Å². The number of benzene rings is 1. The minimum Gasteiger partial charge on any atom is -0.413 e. The number of alkyl halides is 1. The van der Waals surface area contributed by atoms with Crippen molar-refractivity contribution < 1.29 is 18.6 Å². The van der Waals surface area contributed by atoms with Crippen LogP contribution in [0.4, 0.5) is 5.69 Å². The van der Waals surface area contributed by atoms with E-state index >= 15 is 0 Å². The SMILES string of the molecule is COCCOCCOCCN(CC(C)(C)SSC)c1cc(CCl)cc(CO[Si](C)(C)C(C)(C)C)c1. The van der Waals surface area contributed by atoms with Crippen LogP contribution in [0.2, 0.25) is 18.1 Å². The zero-order chi connectivity index (χ0) is 26.5. The molecule has 0 radical (unpaired) electrons. The van der Waals surface area contributed by atoms with Crippen molar-refractivity contribution in [2.45, 2.75) is 70.0 Å². The van der Waals surface area contributed by atoms with Gasteiger partial charge >= 0.3 is 0 Å². The van der Waals surface area contributed by atoms with Crippen LogP contribution in [0.15, 0.2) is 18.2 Å². The Balaban J connectivity index is 2.97. The average molecular weight is 566 g/mol. The highest BCUT2D eigenvalue weighted by Crippen LogP contribution is 2.38. The smallest absolute Gasteiger partial charge is 0.192 e. The minimum atomic E-state index is -1.84. The van der Waals surface area contributed by atoms with Gasteiger partial charge in [0.25, 0.3) is 0 Å². The Bertz CT molecular complexity index is 732. The molecule has 0 spiro atoms. The fourth-order valence-corrected chi connectivity index (χ4v) is 6.50. The first kappa shape index (κ1) is 33.1. The summed E-state index contributed by atoms with van der Waals surface area (Å²) in [5, 5.41) is 0.176. The van der Waals surface area contributed by atoms with Crippen molar-refractivity contribution in [3.63, 3.8) is 0 Å². The fourth-order valence-electron chi connectivity index (χ4n) is 3.22. The molecule has 35 heavy (non-hydrogen) atoms. The van der Waals surface area contributed by atoms with Gasteiger partial charge in [-0.2, -0.15) is 0 Å². The molecule has 0 aliphatic rings. The lowest BCUT2D eigenvalue weighted by molar-refractivity contribution is 0.0264. The predicted octanol–water partition coefficient (Wildman–Crippen LogP) is 7.22. The molecule has 1 aromatic carbocycles. The number of methoxy groups -OCH3 is 1. The second kappa shape index (κ2) is 16.1. The summed E-state index contributed by atoms with van der Waals surface area (Å²) in [7, 11) is 3.54. The van der Waals surface area contributed by atoms with E-state index in [0.29, 0.717) is 45.5 Å². The van der Waals surface area contributed by atoms with Crippen LogP contribution in [0, 0.1) is 0 Å². The number of nitrogens with zero attached hydrogens (tertiary/aromatic N) is 1. The van der Waals surface area contributed by atoms with Crippen molar-refractivity contribution in [3.8, 4) is 0 Å². The molecular weight excluding hydrogens is 518 g/mol. The van der Waals surface area contributed by atoms with Crippen LogP contribution in [0.1, 0.15) is 45.7 Å². The van der Waals surface area contributed by atoms with Gasteiger partial charge in [0.05, 0.1) is 39.6 Å². The number of halogens is 1. The zero-order valence-corrected chi connectivity index (χ0v) is 26.8. The monoisotopic (exact) mass is 565 g/mol. The Morgan fingerprint density at radius 3 is 2.09 bits per heavy atom. The van der Waals surface area contributed by atoms with E-state index in [9.17, 15) is 0 Å². The molecule has 0 bridgehead atoms. The largest absolute Gasteiger partial charge is 0.413 e. The number of hydrogen-bond acceptors (Lipinski definition) is 7. The fraction of sp³-hybridized carbons (Fsp3) is 0.769. The summed E-state index contributed by atoms with van der Waals surface area (Å²) >= 11 is 6.31. The van der Waals surface area contributed by atoms with Gasteiger partial charge in [-0.05, 0) is 61.5 Å². The first-order valence-electron chi connectivity index (χ1n) is 12.3. The van der Waals surface area contributed by atoms with Crippen LogP contribution < -0.4 is 4.90 Å². The summed E-state index contributed by atoms with van der Waals surface area (Å²) in [6, 6.07) is 6.64. The molecule has 1 aromatic rings. The van der Waals surface area contributed by atoms with E-state index < -0.39 is 8.32 Å². The normalized spacial score (nSPS) is 12.9. The third kappa shape index (κ3) is 12.9. The summed E-state index contributed by atoms with van der Waals surface area (Å²) in [4.78, 5) is 2.42. The molecule has 0 unspecified atom stereocenters. The molecule has 0 N–H and O–H groups in total. The lowest BCUT2D eigenvalue weighted by Crippen LogP contribution is -2.40. The first-order chi connectivity index (χ1) is 16.3. The second-order valence-corrected chi connectivity index (χ2v) is 19.0. The molecule has 0 saturated heterocycles. The van der Waals surface area contributed by atoms with Crippen molar-refractivity contribution in [1.29, 1.82) is 0 Å². The Morgan fingerprint density at radius 2 is 1.51 bits per heavy atom. The molecule has 0 fully saturated rings. The van der Waals surface area contributed by atoms with Crippen LogP contribution in [-0.4, -0.2) is 72.6 Å². The molecule has 0 aliphatic carbocycles. The third-order valence-corrected chi connectivity index (χ3v) is 13.5. The Kier molecular flexibility index (Phi) is 15.2. The van der Waals surface area contributed by atoms with Gasteiger partial charge in [0.2, 0.25) is 0 Å². The molecular formula is C26H48ClNO4S2Si. The van der Waals surface area contributed by atoms with E-state index in [-0.39, 0.29) is 9.79 Å². The Labute approximate surface area is 228 Å². The van der Waals surface area contributed by atoms with Crippen molar-refractivity contribution >= 4 is 47.2 Å². The van der Waals surface area contributed by atoms with Crippen molar-refractivity contribution in [2.75, 3.05) is 64.4 Å². The standard InChI is InChI=1S/C26H48ClNO4S2Si/c1-25(2,3)35(8,9)32-20-23-16-22(19-27)17-24(18-23)28(21-26(4,5)34-33-7)10-11-30-14-15-31-13-12-29-6/h16-18H,10-15,19-21H2,1-9H3. The molecule has 0 amide bonds. The van der Waals surface area contributed by atoms with Gasteiger partial charge in [0.1, 0.15) is 0 Å². The molecule has 1 rings (SSSR count). The number of anilines is 1. The summed E-state index contributed by atoms with van der Waals surface area (Å²) in [6.07, 6.45) is 2.13. The van der Waals surface area contributed by atoms with Gasteiger partial charge in [0, 0.05) is 36.5 Å². The predicted molar refractivity (Wildman–Crippen MR) is 159 cm³/mol. The molecule has 0 atom stereocenters. The summed E-state index contributed by atoms with van der Waals surface area (Å²) in [6.45, 7) is 21.3. The van der Waals surface area contributed by atoms with E-state index in [4.69, 9.17) is 30.2 Å². The minimum absolute atomic E-state index is 0.0808. The second-order valence-electron chi connectivity index (χ2n) is 10.8. The molecule has 9 heteroatoms. The zero-order valence-electron chi connectivity index (χ0n) is 23.4. The van der Waals surface area contributed by atoms with Crippen LogP contribution in [0.3, 0.4) is 0 Å². The van der Waals surface area contributed by atoms with E-state index in [1.807, 2.05) is 10.8 Å². The highest BCUT2D eigenvalue weighted by atomic mass is 35.5. The average Bonchev–Trinajstić information content (AvgIpc) is 2.77. The maximum absolute atomic E-state index is 6.53. The molecule has 0 aromatic heterocycles. The lowest BCUT2D eigenvalue weighted by atomic mass is 10.1. The van der Waals surface area contributed by atoms with Crippen LogP contribution >= 0.6 is 33.2 Å². The topological polar surface area (TPSA) is 40.2 Å².